The van der Waals surface area contributed by atoms with Gasteiger partial charge < -0.3 is 5.32 Å². The molecular weight excluding hydrogens is 279 g/mol. The number of anilines is 1. The Morgan fingerprint density at radius 3 is 2.47 bits per heavy atom. The van der Waals surface area contributed by atoms with Crippen LogP contribution >= 0.6 is 34.5 Å². The SMILES string of the molecule is Cc1scnc1C(=O)Nc1cc(Cl)cc(Cl)c1. The lowest BCUT2D eigenvalue weighted by atomic mass is 10.3. The van der Waals surface area contributed by atoms with Crippen molar-refractivity contribution in [1.82, 2.24) is 4.98 Å². The molecule has 88 valence electrons. The summed E-state index contributed by atoms with van der Waals surface area (Å²) in [5.41, 5.74) is 2.61. The number of aryl methyl sites for hydroxylation is 1. The van der Waals surface area contributed by atoms with Gasteiger partial charge >= 0.3 is 0 Å². The minimum atomic E-state index is -0.262. The Hall–Kier alpha value is -1.10. The summed E-state index contributed by atoms with van der Waals surface area (Å²) >= 11 is 13.1. The van der Waals surface area contributed by atoms with Crippen molar-refractivity contribution in [2.75, 3.05) is 5.32 Å². The van der Waals surface area contributed by atoms with Gasteiger partial charge in [-0.1, -0.05) is 23.2 Å². The first kappa shape index (κ1) is 12.4. The zero-order chi connectivity index (χ0) is 12.4. The minimum absolute atomic E-state index is 0.262. The first-order valence-electron chi connectivity index (χ1n) is 4.74. The van der Waals surface area contributed by atoms with Crippen molar-refractivity contribution in [2.24, 2.45) is 0 Å². The quantitative estimate of drug-likeness (QED) is 0.906. The average Bonchev–Trinajstić information content (AvgIpc) is 2.62. The number of carbonyl (C=O) groups excluding carboxylic acids is 1. The maximum absolute atomic E-state index is 11.9. The largest absolute Gasteiger partial charge is 0.321 e. The number of hydrogen-bond donors (Lipinski definition) is 1. The standard InChI is InChI=1S/C11H8Cl2N2OS/c1-6-10(14-5-17-6)11(16)15-9-3-7(12)2-8(13)4-9/h2-5H,1H3,(H,15,16). The number of carbonyl (C=O) groups is 1. The fourth-order valence-corrected chi connectivity index (χ4v) is 2.44. The van der Waals surface area contributed by atoms with Crippen LogP contribution in [0.4, 0.5) is 5.69 Å². The van der Waals surface area contributed by atoms with Crippen molar-refractivity contribution >= 4 is 46.1 Å². The fourth-order valence-electron chi connectivity index (χ4n) is 1.34. The predicted octanol–water partition coefficient (Wildman–Crippen LogP) is 4.01. The number of nitrogens with one attached hydrogen (secondary N) is 1. The number of nitrogens with zero attached hydrogens (tertiary/aromatic N) is 1. The molecule has 1 amide bonds. The normalized spacial score (nSPS) is 10.3. The van der Waals surface area contributed by atoms with E-state index >= 15 is 0 Å². The van der Waals surface area contributed by atoms with E-state index in [1.54, 1.807) is 23.7 Å². The highest BCUT2D eigenvalue weighted by atomic mass is 35.5. The van der Waals surface area contributed by atoms with Crippen molar-refractivity contribution < 1.29 is 4.79 Å². The number of thiazole rings is 1. The summed E-state index contributed by atoms with van der Waals surface area (Å²) in [5.74, 6) is -0.262. The third-order valence-electron chi connectivity index (χ3n) is 2.08. The fraction of sp³-hybridized carbons (Fsp3) is 0.0909. The van der Waals surface area contributed by atoms with Crippen LogP contribution in [0.15, 0.2) is 23.7 Å². The lowest BCUT2D eigenvalue weighted by molar-refractivity contribution is 0.102. The Kier molecular flexibility index (Phi) is 3.66. The summed E-state index contributed by atoms with van der Waals surface area (Å²) in [6.07, 6.45) is 0. The second kappa shape index (κ2) is 5.04. The molecule has 6 heteroatoms. The number of halogens is 2. The number of rotatable bonds is 2. The van der Waals surface area contributed by atoms with Crippen LogP contribution in [0.25, 0.3) is 0 Å². The molecular formula is C11H8Cl2N2OS. The second-order valence-electron chi connectivity index (χ2n) is 3.37. The molecule has 0 aliphatic carbocycles. The molecule has 3 nitrogen and oxygen atoms in total. The molecule has 1 aromatic carbocycles. The summed E-state index contributed by atoms with van der Waals surface area (Å²) in [4.78, 5) is 16.7. The van der Waals surface area contributed by atoms with Gasteiger partial charge in [0.25, 0.3) is 5.91 Å². The van der Waals surface area contributed by atoms with Crippen LogP contribution in [0.1, 0.15) is 15.4 Å². The minimum Gasteiger partial charge on any atom is -0.321 e. The third-order valence-corrected chi connectivity index (χ3v) is 3.27. The molecule has 0 unspecified atom stereocenters. The summed E-state index contributed by atoms with van der Waals surface area (Å²) < 4.78 is 0. The molecule has 0 aliphatic heterocycles. The van der Waals surface area contributed by atoms with Crippen LogP contribution in [0.2, 0.25) is 10.0 Å². The first-order chi connectivity index (χ1) is 8.06. The van der Waals surface area contributed by atoms with Gasteiger partial charge in [-0.2, -0.15) is 0 Å². The van der Waals surface area contributed by atoms with Gasteiger partial charge in [-0.25, -0.2) is 4.98 Å². The zero-order valence-electron chi connectivity index (χ0n) is 8.83. The maximum Gasteiger partial charge on any atom is 0.275 e. The van der Waals surface area contributed by atoms with E-state index in [0.29, 0.717) is 21.4 Å². The van der Waals surface area contributed by atoms with Crippen LogP contribution in [-0.4, -0.2) is 10.9 Å². The topological polar surface area (TPSA) is 42.0 Å². The molecule has 1 heterocycles. The van der Waals surface area contributed by atoms with Crippen LogP contribution in [0.3, 0.4) is 0 Å². The highest BCUT2D eigenvalue weighted by Gasteiger charge is 2.12. The monoisotopic (exact) mass is 286 g/mol. The number of benzene rings is 1. The van der Waals surface area contributed by atoms with Gasteiger partial charge in [0, 0.05) is 20.6 Å². The molecule has 0 fully saturated rings. The predicted molar refractivity (Wildman–Crippen MR) is 71.3 cm³/mol. The van der Waals surface area contributed by atoms with E-state index in [4.69, 9.17) is 23.2 Å². The van der Waals surface area contributed by atoms with Crippen molar-refractivity contribution in [3.05, 3.63) is 44.3 Å². The van der Waals surface area contributed by atoms with Gasteiger partial charge in [-0.15, -0.1) is 11.3 Å². The van der Waals surface area contributed by atoms with E-state index in [-0.39, 0.29) is 5.91 Å². The maximum atomic E-state index is 11.9. The summed E-state index contributed by atoms with van der Waals surface area (Å²) in [6, 6.07) is 4.87. The molecule has 0 saturated heterocycles. The van der Waals surface area contributed by atoms with Gasteiger partial charge in [-0.3, -0.25) is 4.79 Å². The highest BCUT2D eigenvalue weighted by Crippen LogP contribution is 2.23. The van der Waals surface area contributed by atoms with Crippen LogP contribution in [-0.2, 0) is 0 Å². The molecule has 0 spiro atoms. The Bertz CT molecular complexity index is 548. The number of hydrogen-bond acceptors (Lipinski definition) is 3. The molecule has 0 aliphatic rings. The summed E-state index contributed by atoms with van der Waals surface area (Å²) in [6.45, 7) is 1.84. The van der Waals surface area contributed by atoms with E-state index in [1.165, 1.54) is 11.3 Å². The lowest BCUT2D eigenvalue weighted by Gasteiger charge is -2.05. The zero-order valence-corrected chi connectivity index (χ0v) is 11.2. The van der Waals surface area contributed by atoms with E-state index in [9.17, 15) is 4.79 Å². The molecule has 0 bridgehead atoms. The van der Waals surface area contributed by atoms with Crippen LogP contribution < -0.4 is 5.32 Å². The lowest BCUT2D eigenvalue weighted by Crippen LogP contribution is -2.13. The van der Waals surface area contributed by atoms with E-state index in [0.717, 1.165) is 4.88 Å². The van der Waals surface area contributed by atoms with Crippen molar-refractivity contribution in [3.63, 3.8) is 0 Å². The Labute approximate surface area is 112 Å². The van der Waals surface area contributed by atoms with Gasteiger partial charge in [0.1, 0.15) is 5.69 Å². The summed E-state index contributed by atoms with van der Waals surface area (Å²) in [5, 5.41) is 3.65. The molecule has 1 N–H and O–H groups in total. The summed E-state index contributed by atoms with van der Waals surface area (Å²) in [7, 11) is 0. The van der Waals surface area contributed by atoms with Crippen LogP contribution in [0, 0.1) is 6.92 Å². The molecule has 1 aromatic heterocycles. The highest BCUT2D eigenvalue weighted by molar-refractivity contribution is 7.09. The van der Waals surface area contributed by atoms with Crippen molar-refractivity contribution in [1.29, 1.82) is 0 Å². The van der Waals surface area contributed by atoms with Gasteiger partial charge in [0.05, 0.1) is 5.51 Å². The second-order valence-corrected chi connectivity index (χ2v) is 5.30. The number of aromatic nitrogens is 1. The van der Waals surface area contributed by atoms with Gasteiger partial charge in [0.15, 0.2) is 0 Å². The van der Waals surface area contributed by atoms with Gasteiger partial charge in [0.2, 0.25) is 0 Å². The van der Waals surface area contributed by atoms with Crippen molar-refractivity contribution in [2.45, 2.75) is 6.92 Å². The third kappa shape index (κ3) is 2.97. The van der Waals surface area contributed by atoms with E-state index < -0.39 is 0 Å². The van der Waals surface area contributed by atoms with Crippen molar-refractivity contribution in [3.8, 4) is 0 Å². The molecule has 0 atom stereocenters. The van der Waals surface area contributed by atoms with Crippen LogP contribution in [0.5, 0.6) is 0 Å². The first-order valence-corrected chi connectivity index (χ1v) is 6.37. The van der Waals surface area contributed by atoms with E-state index in [2.05, 4.69) is 10.3 Å². The molecule has 0 saturated carbocycles. The van der Waals surface area contributed by atoms with Gasteiger partial charge in [-0.05, 0) is 25.1 Å². The molecule has 2 aromatic rings. The van der Waals surface area contributed by atoms with E-state index in [1.807, 2.05) is 6.92 Å². The molecule has 17 heavy (non-hydrogen) atoms. The Morgan fingerprint density at radius 1 is 1.29 bits per heavy atom. The molecule has 0 radical (unpaired) electrons. The Balaban J connectivity index is 2.21. The molecule has 2 rings (SSSR count). The Morgan fingerprint density at radius 2 is 1.94 bits per heavy atom. The smallest absolute Gasteiger partial charge is 0.275 e. The number of amides is 1. The average molecular weight is 287 g/mol.